The Labute approximate surface area is 145 Å². The molecule has 0 radical (unpaired) electrons. The zero-order chi connectivity index (χ0) is 17.6. The van der Waals surface area contributed by atoms with Crippen LogP contribution >= 0.6 is 0 Å². The average molecular weight is 343 g/mol. The van der Waals surface area contributed by atoms with Gasteiger partial charge in [0.15, 0.2) is 0 Å². The van der Waals surface area contributed by atoms with Crippen LogP contribution in [0.25, 0.3) is 5.78 Å². The molecule has 2 amide bonds. The minimum Gasteiger partial charge on any atom is -0.441 e. The molecular weight excluding hydrogens is 322 g/mol. The van der Waals surface area contributed by atoms with Gasteiger partial charge < -0.3 is 14.5 Å². The molecule has 0 bridgehead atoms. The molecule has 0 N–H and O–H groups in total. The zero-order valence-corrected chi connectivity index (χ0v) is 14.4. The molecule has 2 aliphatic heterocycles. The van der Waals surface area contributed by atoms with Crippen molar-refractivity contribution in [3.63, 3.8) is 0 Å². The first-order valence-electron chi connectivity index (χ1n) is 8.52. The molecule has 8 nitrogen and oxygen atoms in total. The monoisotopic (exact) mass is 343 g/mol. The number of amides is 2. The Bertz CT molecular complexity index is 848. The Kier molecular flexibility index (Phi) is 3.63. The Hall–Kier alpha value is -2.64. The number of nitrogens with zero attached hydrogens (tertiary/aromatic N) is 5. The molecule has 2 aromatic rings. The fourth-order valence-corrected chi connectivity index (χ4v) is 3.83. The maximum atomic E-state index is 13.1. The minimum absolute atomic E-state index is 0.0484. The van der Waals surface area contributed by atoms with Crippen molar-refractivity contribution < 1.29 is 14.3 Å². The third-order valence-electron chi connectivity index (χ3n) is 5.11. The molecule has 0 aromatic carbocycles. The van der Waals surface area contributed by atoms with Gasteiger partial charge in [-0.05, 0) is 25.8 Å². The van der Waals surface area contributed by atoms with Crippen LogP contribution in [0.2, 0.25) is 0 Å². The Morgan fingerprint density at radius 3 is 2.92 bits per heavy atom. The van der Waals surface area contributed by atoms with Crippen molar-refractivity contribution in [2.24, 2.45) is 0 Å². The lowest BCUT2D eigenvalue weighted by Crippen LogP contribution is -2.37. The van der Waals surface area contributed by atoms with Gasteiger partial charge in [0.05, 0.1) is 12.2 Å². The van der Waals surface area contributed by atoms with E-state index in [2.05, 4.69) is 9.97 Å². The smallest absolute Gasteiger partial charge is 0.410 e. The largest absolute Gasteiger partial charge is 0.441 e. The number of aromatic nitrogens is 3. The van der Waals surface area contributed by atoms with Crippen molar-refractivity contribution in [3.8, 4) is 0 Å². The highest BCUT2D eigenvalue weighted by Gasteiger charge is 2.45. The summed E-state index contributed by atoms with van der Waals surface area (Å²) in [5.74, 6) is 0.480. The van der Waals surface area contributed by atoms with Crippen LogP contribution in [-0.4, -0.2) is 68.5 Å². The molecule has 4 heterocycles. The van der Waals surface area contributed by atoms with Gasteiger partial charge in [-0.2, -0.15) is 0 Å². The van der Waals surface area contributed by atoms with Gasteiger partial charge in [-0.1, -0.05) is 0 Å². The SMILES string of the molecule is Cc1nc2ncccn2c1C(=O)N1CCCC2(CC1)CN(C)C(=O)O2. The van der Waals surface area contributed by atoms with Gasteiger partial charge in [0.25, 0.3) is 5.91 Å². The third kappa shape index (κ3) is 2.61. The fraction of sp³-hybridized carbons (Fsp3) is 0.529. The highest BCUT2D eigenvalue weighted by atomic mass is 16.6. The number of fused-ring (bicyclic) bond motifs is 1. The lowest BCUT2D eigenvalue weighted by molar-refractivity contribution is 0.0438. The summed E-state index contributed by atoms with van der Waals surface area (Å²) in [6.07, 6.45) is 5.44. The molecular formula is C17H21N5O3. The third-order valence-corrected chi connectivity index (χ3v) is 5.11. The molecule has 2 aliphatic rings. The Morgan fingerprint density at radius 1 is 1.32 bits per heavy atom. The highest BCUT2D eigenvalue weighted by molar-refractivity contribution is 5.94. The number of carbonyl (C=O) groups is 2. The molecule has 132 valence electrons. The van der Waals surface area contributed by atoms with Crippen LogP contribution in [0.1, 0.15) is 35.4 Å². The zero-order valence-electron chi connectivity index (χ0n) is 14.4. The second kappa shape index (κ2) is 5.72. The molecule has 2 saturated heterocycles. The first-order valence-corrected chi connectivity index (χ1v) is 8.52. The van der Waals surface area contributed by atoms with Crippen LogP contribution < -0.4 is 0 Å². The van der Waals surface area contributed by atoms with E-state index in [0.717, 1.165) is 12.8 Å². The van der Waals surface area contributed by atoms with Crippen molar-refractivity contribution in [2.45, 2.75) is 31.8 Å². The molecule has 1 spiro atoms. The van der Waals surface area contributed by atoms with Crippen LogP contribution in [-0.2, 0) is 4.74 Å². The van der Waals surface area contributed by atoms with E-state index in [-0.39, 0.29) is 12.0 Å². The molecule has 8 heteroatoms. The summed E-state index contributed by atoms with van der Waals surface area (Å²) >= 11 is 0. The predicted octanol–water partition coefficient (Wildman–Crippen LogP) is 1.48. The van der Waals surface area contributed by atoms with E-state index >= 15 is 0 Å². The predicted molar refractivity (Wildman–Crippen MR) is 89.3 cm³/mol. The van der Waals surface area contributed by atoms with Gasteiger partial charge in [0.1, 0.15) is 11.3 Å². The number of rotatable bonds is 1. The number of ether oxygens (including phenoxy) is 1. The number of hydrogen-bond acceptors (Lipinski definition) is 5. The van der Waals surface area contributed by atoms with Crippen LogP contribution in [0.15, 0.2) is 18.5 Å². The second-order valence-electron chi connectivity index (χ2n) is 6.89. The Balaban J connectivity index is 1.57. The quantitative estimate of drug-likeness (QED) is 0.784. The lowest BCUT2D eigenvalue weighted by Gasteiger charge is -2.25. The van der Waals surface area contributed by atoms with Crippen LogP contribution in [0.5, 0.6) is 0 Å². The summed E-state index contributed by atoms with van der Waals surface area (Å²) < 4.78 is 7.35. The van der Waals surface area contributed by atoms with Crippen molar-refractivity contribution in [2.75, 3.05) is 26.7 Å². The van der Waals surface area contributed by atoms with Gasteiger partial charge in [-0.15, -0.1) is 0 Å². The van der Waals surface area contributed by atoms with E-state index in [1.807, 2.05) is 18.0 Å². The van der Waals surface area contributed by atoms with Crippen LogP contribution in [0.4, 0.5) is 4.79 Å². The molecule has 1 unspecified atom stereocenters. The fourth-order valence-electron chi connectivity index (χ4n) is 3.83. The molecule has 2 aromatic heterocycles. The maximum absolute atomic E-state index is 13.1. The van der Waals surface area contributed by atoms with Gasteiger partial charge in [0.2, 0.25) is 5.78 Å². The van der Waals surface area contributed by atoms with E-state index in [0.29, 0.717) is 43.2 Å². The van der Waals surface area contributed by atoms with Crippen molar-refractivity contribution >= 4 is 17.8 Å². The van der Waals surface area contributed by atoms with Crippen LogP contribution in [0.3, 0.4) is 0 Å². The standard InChI is InChI=1S/C17H21N5O3/c1-12-13(22-9-4-7-18-15(22)19-12)14(23)21-8-3-5-17(6-10-21)11-20(2)16(24)25-17/h4,7,9H,3,5-6,8,10-11H2,1-2H3. The van der Waals surface area contributed by atoms with Crippen molar-refractivity contribution in [1.82, 2.24) is 24.2 Å². The van der Waals surface area contributed by atoms with E-state index in [1.165, 1.54) is 0 Å². The summed E-state index contributed by atoms with van der Waals surface area (Å²) in [5.41, 5.74) is 0.769. The van der Waals surface area contributed by atoms with Crippen LogP contribution in [0, 0.1) is 6.92 Å². The summed E-state index contributed by atoms with van der Waals surface area (Å²) in [6, 6.07) is 1.79. The van der Waals surface area contributed by atoms with E-state index in [9.17, 15) is 9.59 Å². The topological polar surface area (TPSA) is 80.0 Å². The van der Waals surface area contributed by atoms with Gasteiger partial charge in [0, 0.05) is 39.0 Å². The summed E-state index contributed by atoms with van der Waals surface area (Å²) in [4.78, 5) is 36.9. The minimum atomic E-state index is -0.461. The van der Waals surface area contributed by atoms with Gasteiger partial charge >= 0.3 is 6.09 Å². The van der Waals surface area contributed by atoms with E-state index in [4.69, 9.17) is 4.74 Å². The molecule has 0 saturated carbocycles. The highest BCUT2D eigenvalue weighted by Crippen LogP contribution is 2.33. The van der Waals surface area contributed by atoms with Gasteiger partial charge in [-0.25, -0.2) is 14.8 Å². The summed E-state index contributed by atoms with van der Waals surface area (Å²) in [5, 5.41) is 0. The number of hydrogen-bond donors (Lipinski definition) is 0. The number of likely N-dealkylation sites (N-methyl/N-ethyl adjacent to an activating group) is 1. The molecule has 1 atom stereocenters. The van der Waals surface area contributed by atoms with E-state index in [1.54, 1.807) is 28.6 Å². The van der Waals surface area contributed by atoms with Gasteiger partial charge in [-0.3, -0.25) is 9.20 Å². The number of likely N-dealkylation sites (tertiary alicyclic amines) is 1. The molecule has 4 rings (SSSR count). The maximum Gasteiger partial charge on any atom is 0.410 e. The number of imidazole rings is 1. The number of aryl methyl sites for hydroxylation is 1. The summed E-state index contributed by atoms with van der Waals surface area (Å²) in [6.45, 7) is 3.63. The molecule has 2 fully saturated rings. The Morgan fingerprint density at radius 2 is 2.16 bits per heavy atom. The average Bonchev–Trinajstić information content (AvgIpc) is 2.96. The second-order valence-corrected chi connectivity index (χ2v) is 6.89. The van der Waals surface area contributed by atoms with E-state index < -0.39 is 5.60 Å². The molecule has 25 heavy (non-hydrogen) atoms. The first-order chi connectivity index (χ1) is 12.0. The first kappa shape index (κ1) is 15.9. The van der Waals surface area contributed by atoms with Crippen molar-refractivity contribution in [3.05, 3.63) is 29.8 Å². The number of carbonyl (C=O) groups excluding carboxylic acids is 2. The lowest BCUT2D eigenvalue weighted by atomic mass is 9.95. The van der Waals surface area contributed by atoms with Crippen molar-refractivity contribution in [1.29, 1.82) is 0 Å². The molecule has 0 aliphatic carbocycles. The summed E-state index contributed by atoms with van der Waals surface area (Å²) in [7, 11) is 1.75. The normalized spacial score (nSPS) is 24.0.